The molecule has 17 heavy (non-hydrogen) atoms. The molecule has 2 aromatic rings. The first-order valence-electron chi connectivity index (χ1n) is 5.48. The Hall–Kier alpha value is -1.06. The minimum atomic E-state index is -0.348. The lowest BCUT2D eigenvalue weighted by Gasteiger charge is -2.19. The summed E-state index contributed by atoms with van der Waals surface area (Å²) in [6.45, 7) is 6.81. The van der Waals surface area contributed by atoms with Gasteiger partial charge < -0.3 is 9.73 Å². The minimum Gasteiger partial charge on any atom is -0.458 e. The number of furan rings is 1. The van der Waals surface area contributed by atoms with Crippen LogP contribution in [0.3, 0.4) is 0 Å². The number of hydrogen-bond donors (Lipinski definition) is 1. The van der Waals surface area contributed by atoms with Crippen LogP contribution < -0.4 is 5.32 Å². The lowest BCUT2D eigenvalue weighted by Crippen LogP contribution is -2.34. The lowest BCUT2D eigenvalue weighted by molar-refractivity contribution is 0.395. The second-order valence-electron chi connectivity index (χ2n) is 5.12. The molecule has 4 heteroatoms. The maximum absolute atomic E-state index is 13.1. The minimum absolute atomic E-state index is 0.00796. The van der Waals surface area contributed by atoms with Gasteiger partial charge in [0.2, 0.25) is 0 Å². The van der Waals surface area contributed by atoms with Crippen molar-refractivity contribution in [2.75, 3.05) is 0 Å². The Morgan fingerprint density at radius 2 is 2.00 bits per heavy atom. The van der Waals surface area contributed by atoms with E-state index in [4.69, 9.17) is 16.0 Å². The molecular weight excluding hydrogens is 241 g/mol. The maximum atomic E-state index is 13.1. The van der Waals surface area contributed by atoms with Gasteiger partial charge in [-0.2, -0.15) is 0 Å². The summed E-state index contributed by atoms with van der Waals surface area (Å²) in [5, 5.41) is 4.31. The topological polar surface area (TPSA) is 25.2 Å². The Morgan fingerprint density at radius 1 is 1.29 bits per heavy atom. The van der Waals surface area contributed by atoms with E-state index in [1.807, 2.05) is 6.07 Å². The van der Waals surface area contributed by atoms with Crippen LogP contribution in [0.2, 0.25) is 5.02 Å². The van der Waals surface area contributed by atoms with Crippen LogP contribution in [0.1, 0.15) is 26.5 Å². The van der Waals surface area contributed by atoms with E-state index in [0.717, 1.165) is 5.76 Å². The van der Waals surface area contributed by atoms with Crippen molar-refractivity contribution in [2.45, 2.75) is 32.9 Å². The Kier molecular flexibility index (Phi) is 3.15. The van der Waals surface area contributed by atoms with Crippen LogP contribution in [0, 0.1) is 5.82 Å². The van der Waals surface area contributed by atoms with Gasteiger partial charge in [0.1, 0.15) is 11.6 Å². The Balaban J connectivity index is 2.29. The molecule has 0 atom stereocenters. The second-order valence-corrected chi connectivity index (χ2v) is 5.53. The van der Waals surface area contributed by atoms with Crippen molar-refractivity contribution in [1.29, 1.82) is 0 Å². The summed E-state index contributed by atoms with van der Waals surface area (Å²) in [5.41, 5.74) is 0.548. The fourth-order valence-electron chi connectivity index (χ4n) is 1.57. The highest BCUT2D eigenvalue weighted by atomic mass is 35.5. The van der Waals surface area contributed by atoms with Crippen LogP contribution in [0.25, 0.3) is 11.0 Å². The predicted octanol–water partition coefficient (Wildman–Crippen LogP) is 4.11. The smallest absolute Gasteiger partial charge is 0.153 e. The third kappa shape index (κ3) is 2.99. The first-order valence-corrected chi connectivity index (χ1v) is 5.85. The fourth-order valence-corrected chi connectivity index (χ4v) is 1.82. The number of hydrogen-bond acceptors (Lipinski definition) is 2. The van der Waals surface area contributed by atoms with E-state index in [1.54, 1.807) is 0 Å². The van der Waals surface area contributed by atoms with E-state index in [1.165, 1.54) is 12.1 Å². The molecule has 92 valence electrons. The van der Waals surface area contributed by atoms with E-state index in [-0.39, 0.29) is 11.4 Å². The summed E-state index contributed by atoms with van der Waals surface area (Å²) in [4.78, 5) is 0. The highest BCUT2D eigenvalue weighted by Crippen LogP contribution is 2.28. The third-order valence-corrected chi connectivity index (χ3v) is 2.66. The SMILES string of the molecule is CC(C)(C)NCc1cc2cc(F)cc(Cl)c2o1. The Morgan fingerprint density at radius 3 is 2.65 bits per heavy atom. The van der Waals surface area contributed by atoms with Crippen molar-refractivity contribution in [3.05, 3.63) is 34.8 Å². The largest absolute Gasteiger partial charge is 0.458 e. The molecule has 0 amide bonds. The molecule has 0 spiro atoms. The average Bonchev–Trinajstić information content (AvgIpc) is 2.56. The maximum Gasteiger partial charge on any atom is 0.153 e. The van der Waals surface area contributed by atoms with Gasteiger partial charge in [-0.15, -0.1) is 0 Å². The molecule has 0 unspecified atom stereocenters. The molecular formula is C13H15ClFNO. The number of halogens is 2. The second kappa shape index (κ2) is 4.31. The van der Waals surface area contributed by atoms with Crippen molar-refractivity contribution < 1.29 is 8.81 Å². The lowest BCUT2D eigenvalue weighted by atomic mass is 10.1. The highest BCUT2D eigenvalue weighted by Gasteiger charge is 2.12. The van der Waals surface area contributed by atoms with Gasteiger partial charge in [0.25, 0.3) is 0 Å². The normalized spacial score (nSPS) is 12.3. The standard InChI is InChI=1S/C13H15ClFNO/c1-13(2,3)16-7-10-5-8-4-9(15)6-11(14)12(8)17-10/h4-6,16H,7H2,1-3H3. The first-order chi connectivity index (χ1) is 7.85. The van der Waals surface area contributed by atoms with Crippen molar-refractivity contribution in [1.82, 2.24) is 5.32 Å². The van der Waals surface area contributed by atoms with Crippen LogP contribution in [0.15, 0.2) is 22.6 Å². The number of nitrogens with one attached hydrogen (secondary N) is 1. The third-order valence-electron chi connectivity index (χ3n) is 2.38. The fraction of sp³-hybridized carbons (Fsp3) is 0.385. The van der Waals surface area contributed by atoms with E-state index in [2.05, 4.69) is 26.1 Å². The van der Waals surface area contributed by atoms with E-state index in [0.29, 0.717) is 22.5 Å². The summed E-state index contributed by atoms with van der Waals surface area (Å²) in [6.07, 6.45) is 0. The van der Waals surface area contributed by atoms with E-state index < -0.39 is 0 Å². The molecule has 2 nitrogen and oxygen atoms in total. The molecule has 2 rings (SSSR count). The van der Waals surface area contributed by atoms with Gasteiger partial charge in [-0.05, 0) is 39.0 Å². The summed E-state index contributed by atoms with van der Waals surface area (Å²) < 4.78 is 18.7. The van der Waals surface area contributed by atoms with Gasteiger partial charge in [0.05, 0.1) is 11.6 Å². The molecule has 1 aromatic carbocycles. The monoisotopic (exact) mass is 255 g/mol. The molecule has 0 radical (unpaired) electrons. The van der Waals surface area contributed by atoms with E-state index in [9.17, 15) is 4.39 Å². The summed E-state index contributed by atoms with van der Waals surface area (Å²) in [7, 11) is 0. The van der Waals surface area contributed by atoms with Gasteiger partial charge in [0, 0.05) is 10.9 Å². The van der Waals surface area contributed by atoms with Gasteiger partial charge in [-0.1, -0.05) is 11.6 Å². The molecule has 0 saturated heterocycles. The van der Waals surface area contributed by atoms with Crippen molar-refractivity contribution in [3.63, 3.8) is 0 Å². The molecule has 0 aliphatic rings. The van der Waals surface area contributed by atoms with Crippen LogP contribution >= 0.6 is 11.6 Å². The van der Waals surface area contributed by atoms with Crippen LogP contribution in [-0.2, 0) is 6.54 Å². The summed E-state index contributed by atoms with van der Waals surface area (Å²) in [6, 6.07) is 4.49. The summed E-state index contributed by atoms with van der Waals surface area (Å²) in [5.74, 6) is 0.404. The van der Waals surface area contributed by atoms with E-state index >= 15 is 0 Å². The average molecular weight is 256 g/mol. The van der Waals surface area contributed by atoms with Gasteiger partial charge in [-0.25, -0.2) is 4.39 Å². The van der Waals surface area contributed by atoms with Gasteiger partial charge >= 0.3 is 0 Å². The molecule has 1 heterocycles. The number of benzene rings is 1. The van der Waals surface area contributed by atoms with Crippen LogP contribution in [0.5, 0.6) is 0 Å². The zero-order valence-corrected chi connectivity index (χ0v) is 10.9. The van der Waals surface area contributed by atoms with Crippen molar-refractivity contribution in [2.24, 2.45) is 0 Å². The predicted molar refractivity (Wildman–Crippen MR) is 67.8 cm³/mol. The van der Waals surface area contributed by atoms with Gasteiger partial charge in [0.15, 0.2) is 5.58 Å². The van der Waals surface area contributed by atoms with Crippen molar-refractivity contribution in [3.8, 4) is 0 Å². The Bertz CT molecular complexity index is 542. The van der Waals surface area contributed by atoms with Crippen LogP contribution in [-0.4, -0.2) is 5.54 Å². The molecule has 0 aliphatic carbocycles. The van der Waals surface area contributed by atoms with Gasteiger partial charge in [-0.3, -0.25) is 0 Å². The first kappa shape index (κ1) is 12.4. The molecule has 1 aromatic heterocycles. The zero-order chi connectivity index (χ0) is 12.6. The highest BCUT2D eigenvalue weighted by molar-refractivity contribution is 6.34. The molecule has 1 N–H and O–H groups in total. The Labute approximate surface area is 105 Å². The molecule has 0 fully saturated rings. The number of rotatable bonds is 2. The van der Waals surface area contributed by atoms with Crippen LogP contribution in [0.4, 0.5) is 4.39 Å². The molecule has 0 saturated carbocycles. The van der Waals surface area contributed by atoms with Crippen molar-refractivity contribution >= 4 is 22.6 Å². The quantitative estimate of drug-likeness (QED) is 0.874. The number of fused-ring (bicyclic) bond motifs is 1. The molecule has 0 aliphatic heterocycles. The zero-order valence-electron chi connectivity index (χ0n) is 10.1. The summed E-state index contributed by atoms with van der Waals surface area (Å²) >= 11 is 5.91. The molecule has 0 bridgehead atoms.